The minimum absolute atomic E-state index is 0.139. The van der Waals surface area contributed by atoms with Crippen LogP contribution in [0.1, 0.15) is 11.1 Å². The number of aromatic nitrogens is 2. The highest BCUT2D eigenvalue weighted by Crippen LogP contribution is 2.25. The van der Waals surface area contributed by atoms with Crippen molar-refractivity contribution in [3.63, 3.8) is 0 Å². The van der Waals surface area contributed by atoms with Crippen LogP contribution in [0.15, 0.2) is 28.9 Å². The number of anilines is 1. The maximum absolute atomic E-state index is 8.84. The van der Waals surface area contributed by atoms with E-state index in [0.717, 1.165) is 5.56 Å². The van der Waals surface area contributed by atoms with Crippen molar-refractivity contribution in [2.45, 2.75) is 6.92 Å². The molecule has 0 bridgehead atoms. The van der Waals surface area contributed by atoms with Crippen molar-refractivity contribution in [3.05, 3.63) is 40.0 Å². The number of nitrogens with zero attached hydrogens (tertiary/aromatic N) is 3. The van der Waals surface area contributed by atoms with Gasteiger partial charge >= 0.3 is 6.01 Å². The van der Waals surface area contributed by atoms with E-state index in [0.29, 0.717) is 21.7 Å². The Kier molecular flexibility index (Phi) is 3.44. The Balaban J connectivity index is 2.36. The van der Waals surface area contributed by atoms with Gasteiger partial charge in [-0.3, -0.25) is 0 Å². The van der Waals surface area contributed by atoms with E-state index in [4.69, 9.17) is 15.7 Å². The molecule has 0 spiro atoms. The van der Waals surface area contributed by atoms with Gasteiger partial charge in [0.05, 0.1) is 11.6 Å². The van der Waals surface area contributed by atoms with Crippen molar-refractivity contribution in [1.82, 2.24) is 9.97 Å². The van der Waals surface area contributed by atoms with Gasteiger partial charge in [0.15, 0.2) is 0 Å². The number of rotatable bonds is 2. The van der Waals surface area contributed by atoms with Crippen molar-refractivity contribution < 1.29 is 4.74 Å². The Morgan fingerprint density at radius 1 is 1.33 bits per heavy atom. The number of halogens is 1. The average molecular weight is 305 g/mol. The van der Waals surface area contributed by atoms with Gasteiger partial charge in [-0.15, -0.1) is 0 Å². The van der Waals surface area contributed by atoms with E-state index < -0.39 is 0 Å². The molecule has 0 fully saturated rings. The van der Waals surface area contributed by atoms with E-state index in [-0.39, 0.29) is 6.01 Å². The highest BCUT2D eigenvalue weighted by Gasteiger charge is 2.07. The third-order valence-electron chi connectivity index (χ3n) is 2.21. The summed E-state index contributed by atoms with van der Waals surface area (Å²) in [6.07, 6.45) is 0. The Labute approximate surface area is 112 Å². The van der Waals surface area contributed by atoms with Crippen molar-refractivity contribution in [2.75, 3.05) is 5.73 Å². The summed E-state index contributed by atoms with van der Waals surface area (Å²) in [4.78, 5) is 8.00. The molecule has 0 saturated carbocycles. The monoisotopic (exact) mass is 304 g/mol. The Bertz CT molecular complexity index is 616. The number of nitrogen functional groups attached to an aromatic ring is 1. The van der Waals surface area contributed by atoms with Crippen LogP contribution in [0.4, 0.5) is 5.82 Å². The molecule has 0 atom stereocenters. The van der Waals surface area contributed by atoms with Gasteiger partial charge in [0.25, 0.3) is 0 Å². The molecule has 1 heterocycles. The Morgan fingerprint density at radius 3 is 2.78 bits per heavy atom. The van der Waals surface area contributed by atoms with Crippen LogP contribution in [-0.2, 0) is 0 Å². The number of ether oxygens (including phenoxy) is 1. The van der Waals surface area contributed by atoms with E-state index in [1.807, 2.05) is 13.0 Å². The van der Waals surface area contributed by atoms with E-state index >= 15 is 0 Å². The Morgan fingerprint density at radius 2 is 2.11 bits per heavy atom. The molecule has 0 aliphatic carbocycles. The van der Waals surface area contributed by atoms with Gasteiger partial charge in [0.1, 0.15) is 16.2 Å². The topological polar surface area (TPSA) is 84.8 Å². The average Bonchev–Trinajstić information content (AvgIpc) is 2.30. The largest absolute Gasteiger partial charge is 0.424 e. The summed E-state index contributed by atoms with van der Waals surface area (Å²) >= 11 is 3.21. The quantitative estimate of drug-likeness (QED) is 0.862. The second-order valence-electron chi connectivity index (χ2n) is 3.59. The van der Waals surface area contributed by atoms with Crippen molar-refractivity contribution in [3.8, 4) is 17.8 Å². The van der Waals surface area contributed by atoms with Crippen LogP contribution >= 0.6 is 15.9 Å². The summed E-state index contributed by atoms with van der Waals surface area (Å²) in [5, 5.41) is 8.84. The number of hydrogen-bond acceptors (Lipinski definition) is 5. The lowest BCUT2D eigenvalue weighted by atomic mass is 10.1. The van der Waals surface area contributed by atoms with Crippen LogP contribution in [0, 0.1) is 18.3 Å². The third-order valence-corrected chi connectivity index (χ3v) is 2.62. The van der Waals surface area contributed by atoms with Crippen LogP contribution in [0.2, 0.25) is 0 Å². The van der Waals surface area contributed by atoms with Gasteiger partial charge in [0, 0.05) is 6.07 Å². The Hall–Kier alpha value is -2.13. The maximum Gasteiger partial charge on any atom is 0.325 e. The number of nitrogens with two attached hydrogens (primary N) is 1. The third kappa shape index (κ3) is 2.76. The van der Waals surface area contributed by atoms with Crippen LogP contribution in [0.3, 0.4) is 0 Å². The van der Waals surface area contributed by atoms with Gasteiger partial charge in [-0.2, -0.15) is 15.2 Å². The summed E-state index contributed by atoms with van der Waals surface area (Å²) in [6, 6.07) is 8.92. The minimum atomic E-state index is 0.139. The molecule has 2 N–H and O–H groups in total. The zero-order chi connectivity index (χ0) is 13.1. The smallest absolute Gasteiger partial charge is 0.325 e. The van der Waals surface area contributed by atoms with Crippen LogP contribution in [0.25, 0.3) is 0 Å². The lowest BCUT2D eigenvalue weighted by Crippen LogP contribution is -1.98. The van der Waals surface area contributed by atoms with E-state index in [9.17, 15) is 0 Å². The molecule has 2 aromatic rings. The first-order chi connectivity index (χ1) is 8.58. The molecular formula is C12H9BrN4O. The first-order valence-electron chi connectivity index (χ1n) is 5.07. The molecule has 0 aliphatic heterocycles. The minimum Gasteiger partial charge on any atom is -0.424 e. The zero-order valence-electron chi connectivity index (χ0n) is 9.51. The normalized spacial score (nSPS) is 9.83. The SMILES string of the molecule is Cc1ccc(C#N)cc1Oc1nc(N)cc(Br)n1. The van der Waals surface area contributed by atoms with Gasteiger partial charge < -0.3 is 10.5 Å². The zero-order valence-corrected chi connectivity index (χ0v) is 11.1. The lowest BCUT2D eigenvalue weighted by molar-refractivity contribution is 0.438. The van der Waals surface area contributed by atoms with E-state index in [2.05, 4.69) is 25.9 Å². The molecular weight excluding hydrogens is 296 g/mol. The molecule has 6 heteroatoms. The molecule has 5 nitrogen and oxygen atoms in total. The van der Waals surface area contributed by atoms with E-state index in [1.54, 1.807) is 24.3 Å². The molecule has 1 aromatic carbocycles. The van der Waals surface area contributed by atoms with Crippen molar-refractivity contribution in [2.24, 2.45) is 0 Å². The standard InChI is InChI=1S/C12H9BrN4O/c1-7-2-3-8(6-14)4-9(7)18-12-16-10(13)5-11(15)17-12/h2-5H,1H3,(H2,15,16,17). The molecule has 2 rings (SSSR count). The number of benzene rings is 1. The highest BCUT2D eigenvalue weighted by molar-refractivity contribution is 9.10. The molecule has 0 aliphatic rings. The first kappa shape index (κ1) is 12.3. The predicted octanol–water partition coefficient (Wildman–Crippen LogP) is 2.79. The number of aryl methyl sites for hydroxylation is 1. The summed E-state index contributed by atoms with van der Waals surface area (Å²) in [5.41, 5.74) is 6.99. The fourth-order valence-corrected chi connectivity index (χ4v) is 1.72. The predicted molar refractivity (Wildman–Crippen MR) is 70.1 cm³/mol. The number of nitriles is 1. The van der Waals surface area contributed by atoms with Gasteiger partial charge in [0.2, 0.25) is 0 Å². The van der Waals surface area contributed by atoms with Gasteiger partial charge in [-0.05, 0) is 40.5 Å². The molecule has 90 valence electrons. The van der Waals surface area contributed by atoms with E-state index in [1.165, 1.54) is 0 Å². The van der Waals surface area contributed by atoms with Crippen LogP contribution in [0.5, 0.6) is 11.8 Å². The molecule has 1 aromatic heterocycles. The molecule has 0 saturated heterocycles. The second kappa shape index (κ2) is 5.02. The first-order valence-corrected chi connectivity index (χ1v) is 5.86. The van der Waals surface area contributed by atoms with Crippen LogP contribution in [-0.4, -0.2) is 9.97 Å². The molecule has 0 unspecified atom stereocenters. The molecule has 18 heavy (non-hydrogen) atoms. The van der Waals surface area contributed by atoms with Crippen molar-refractivity contribution in [1.29, 1.82) is 5.26 Å². The second-order valence-corrected chi connectivity index (χ2v) is 4.40. The molecule has 0 radical (unpaired) electrons. The number of hydrogen-bond donors (Lipinski definition) is 1. The summed E-state index contributed by atoms with van der Waals surface area (Å²) < 4.78 is 6.07. The fraction of sp³-hybridized carbons (Fsp3) is 0.0833. The summed E-state index contributed by atoms with van der Waals surface area (Å²) in [5.74, 6) is 0.840. The highest BCUT2D eigenvalue weighted by atomic mass is 79.9. The lowest BCUT2D eigenvalue weighted by Gasteiger charge is -2.07. The fourth-order valence-electron chi connectivity index (χ4n) is 1.34. The summed E-state index contributed by atoms with van der Waals surface area (Å²) in [7, 11) is 0. The molecule has 0 amide bonds. The maximum atomic E-state index is 8.84. The summed E-state index contributed by atoms with van der Waals surface area (Å²) in [6.45, 7) is 1.87. The van der Waals surface area contributed by atoms with Crippen molar-refractivity contribution >= 4 is 21.7 Å². The van der Waals surface area contributed by atoms with Gasteiger partial charge in [-0.1, -0.05) is 6.07 Å². The van der Waals surface area contributed by atoms with Gasteiger partial charge in [-0.25, -0.2) is 0 Å². The van der Waals surface area contributed by atoms with Crippen LogP contribution < -0.4 is 10.5 Å².